The van der Waals surface area contributed by atoms with Crippen LogP contribution in [0.5, 0.6) is 0 Å². The van der Waals surface area contributed by atoms with E-state index in [1.165, 1.54) is 0 Å². The Morgan fingerprint density at radius 2 is 2.08 bits per heavy atom. The van der Waals surface area contributed by atoms with Crippen molar-refractivity contribution in [3.8, 4) is 11.8 Å². The first-order valence-corrected chi connectivity index (χ1v) is 4.21. The number of hydrogen-bond donors (Lipinski definition) is 1. The van der Waals surface area contributed by atoms with E-state index in [9.17, 15) is 0 Å². The highest BCUT2D eigenvalue weighted by molar-refractivity contribution is 5.35. The van der Waals surface area contributed by atoms with Crippen molar-refractivity contribution in [1.29, 1.82) is 0 Å². The summed E-state index contributed by atoms with van der Waals surface area (Å²) in [5, 5.41) is 0. The average molecular weight is 174 g/mol. The van der Waals surface area contributed by atoms with Crippen molar-refractivity contribution >= 4 is 0 Å². The Bertz CT molecular complexity index is 350. The van der Waals surface area contributed by atoms with E-state index in [1.807, 2.05) is 26.8 Å². The zero-order valence-electron chi connectivity index (χ0n) is 8.26. The Kier molecular flexibility index (Phi) is 2.69. The smallest absolute Gasteiger partial charge is 0.0722 e. The molecule has 0 amide bonds. The maximum absolute atomic E-state index is 5.73. The molecule has 2 nitrogen and oxygen atoms in total. The Balaban J connectivity index is 2.90. The number of aryl methyl sites for hydroxylation is 1. The van der Waals surface area contributed by atoms with Crippen LogP contribution >= 0.6 is 0 Å². The molecule has 0 bridgehead atoms. The van der Waals surface area contributed by atoms with Gasteiger partial charge in [0, 0.05) is 18.0 Å². The third kappa shape index (κ3) is 3.73. The van der Waals surface area contributed by atoms with Crippen molar-refractivity contribution < 1.29 is 0 Å². The Morgan fingerprint density at radius 3 is 2.62 bits per heavy atom. The lowest BCUT2D eigenvalue weighted by molar-refractivity contribution is 0.680. The van der Waals surface area contributed by atoms with Crippen molar-refractivity contribution in [2.75, 3.05) is 0 Å². The fraction of sp³-hybridized carbons (Fsp3) is 0.364. The van der Waals surface area contributed by atoms with Crippen molar-refractivity contribution in [2.24, 2.45) is 5.73 Å². The van der Waals surface area contributed by atoms with E-state index < -0.39 is 5.54 Å². The van der Waals surface area contributed by atoms with Gasteiger partial charge in [-0.3, -0.25) is 4.98 Å². The summed E-state index contributed by atoms with van der Waals surface area (Å²) in [5.74, 6) is 5.94. The molecule has 1 aromatic rings. The van der Waals surface area contributed by atoms with Crippen LogP contribution in [-0.4, -0.2) is 10.5 Å². The van der Waals surface area contributed by atoms with Crippen LogP contribution in [0.15, 0.2) is 18.5 Å². The molecule has 0 atom stereocenters. The Hall–Kier alpha value is -1.33. The first-order valence-electron chi connectivity index (χ1n) is 4.21. The van der Waals surface area contributed by atoms with Gasteiger partial charge in [-0.1, -0.05) is 11.8 Å². The van der Waals surface area contributed by atoms with Crippen LogP contribution in [0.4, 0.5) is 0 Å². The summed E-state index contributed by atoms with van der Waals surface area (Å²) in [6.07, 6.45) is 3.55. The highest BCUT2D eigenvalue weighted by atomic mass is 14.7. The molecule has 0 aliphatic heterocycles. The van der Waals surface area contributed by atoms with Crippen LogP contribution in [0.1, 0.15) is 25.0 Å². The van der Waals surface area contributed by atoms with Gasteiger partial charge in [0.25, 0.3) is 0 Å². The molecule has 0 aliphatic rings. The minimum Gasteiger partial charge on any atom is -0.316 e. The van der Waals surface area contributed by atoms with Gasteiger partial charge >= 0.3 is 0 Å². The monoisotopic (exact) mass is 174 g/mol. The van der Waals surface area contributed by atoms with Gasteiger partial charge in [-0.2, -0.15) is 0 Å². The molecule has 1 heterocycles. The standard InChI is InChI=1S/C11H14N2/c1-9-6-10(8-13-7-9)4-5-11(2,3)12/h6-8H,12H2,1-3H3. The molecule has 0 fully saturated rings. The molecule has 0 aliphatic carbocycles. The molecule has 0 radical (unpaired) electrons. The van der Waals surface area contributed by atoms with E-state index in [-0.39, 0.29) is 0 Å². The Morgan fingerprint density at radius 1 is 1.38 bits per heavy atom. The summed E-state index contributed by atoms with van der Waals surface area (Å²) in [4.78, 5) is 4.04. The maximum Gasteiger partial charge on any atom is 0.0722 e. The molecule has 1 aromatic heterocycles. The van der Waals surface area contributed by atoms with Crippen LogP contribution in [0.2, 0.25) is 0 Å². The van der Waals surface area contributed by atoms with Crippen molar-refractivity contribution in [1.82, 2.24) is 4.98 Å². The van der Waals surface area contributed by atoms with Crippen LogP contribution in [0, 0.1) is 18.8 Å². The van der Waals surface area contributed by atoms with Gasteiger partial charge in [-0.05, 0) is 32.4 Å². The molecule has 0 unspecified atom stereocenters. The second-order valence-electron chi connectivity index (χ2n) is 3.72. The summed E-state index contributed by atoms with van der Waals surface area (Å²) >= 11 is 0. The van der Waals surface area contributed by atoms with Gasteiger partial charge in [-0.25, -0.2) is 0 Å². The molecule has 68 valence electrons. The van der Waals surface area contributed by atoms with E-state index in [0.717, 1.165) is 11.1 Å². The number of pyridine rings is 1. The lowest BCUT2D eigenvalue weighted by Gasteiger charge is -2.07. The quantitative estimate of drug-likeness (QED) is 0.605. The molecule has 0 saturated heterocycles. The average Bonchev–Trinajstić information content (AvgIpc) is 2.00. The summed E-state index contributed by atoms with van der Waals surface area (Å²) in [7, 11) is 0. The molecule has 13 heavy (non-hydrogen) atoms. The molecule has 0 aromatic carbocycles. The Labute approximate surface area is 79.2 Å². The van der Waals surface area contributed by atoms with Crippen molar-refractivity contribution in [2.45, 2.75) is 26.3 Å². The highest BCUT2D eigenvalue weighted by Gasteiger charge is 2.03. The summed E-state index contributed by atoms with van der Waals surface area (Å²) in [6, 6.07) is 1.99. The molecule has 1 rings (SSSR count). The SMILES string of the molecule is Cc1cncc(C#CC(C)(C)N)c1. The van der Waals surface area contributed by atoms with Gasteiger partial charge in [0.1, 0.15) is 0 Å². The van der Waals surface area contributed by atoms with Crippen LogP contribution in [0.25, 0.3) is 0 Å². The van der Waals surface area contributed by atoms with Crippen molar-refractivity contribution in [3.63, 3.8) is 0 Å². The number of hydrogen-bond acceptors (Lipinski definition) is 2. The normalized spacial score (nSPS) is 10.5. The third-order valence-electron chi connectivity index (χ3n) is 1.40. The van der Waals surface area contributed by atoms with Gasteiger partial charge in [-0.15, -0.1) is 0 Å². The van der Waals surface area contributed by atoms with E-state index in [0.29, 0.717) is 0 Å². The van der Waals surface area contributed by atoms with E-state index in [4.69, 9.17) is 5.73 Å². The lowest BCUT2D eigenvalue weighted by atomic mass is 10.1. The van der Waals surface area contributed by atoms with Crippen molar-refractivity contribution in [3.05, 3.63) is 29.6 Å². The molecule has 0 spiro atoms. The van der Waals surface area contributed by atoms with E-state index in [2.05, 4.69) is 16.8 Å². The largest absolute Gasteiger partial charge is 0.316 e. The van der Waals surface area contributed by atoms with E-state index in [1.54, 1.807) is 12.4 Å². The second kappa shape index (κ2) is 3.59. The first kappa shape index (κ1) is 9.76. The molecular weight excluding hydrogens is 160 g/mol. The van der Waals surface area contributed by atoms with E-state index >= 15 is 0 Å². The maximum atomic E-state index is 5.73. The summed E-state index contributed by atoms with van der Waals surface area (Å²) < 4.78 is 0. The molecule has 0 saturated carbocycles. The van der Waals surface area contributed by atoms with Gasteiger partial charge < -0.3 is 5.73 Å². The predicted molar refractivity (Wildman–Crippen MR) is 54.1 cm³/mol. The minimum atomic E-state index is -0.441. The second-order valence-corrected chi connectivity index (χ2v) is 3.72. The third-order valence-corrected chi connectivity index (χ3v) is 1.40. The summed E-state index contributed by atoms with van der Waals surface area (Å²) in [6.45, 7) is 5.75. The zero-order chi connectivity index (χ0) is 9.90. The van der Waals surface area contributed by atoms with Gasteiger partial charge in [0.15, 0.2) is 0 Å². The first-order chi connectivity index (χ1) is 5.97. The summed E-state index contributed by atoms with van der Waals surface area (Å²) in [5.41, 5.74) is 7.31. The molecular formula is C11H14N2. The van der Waals surface area contributed by atoms with Gasteiger partial charge in [0.2, 0.25) is 0 Å². The van der Waals surface area contributed by atoms with Crippen LogP contribution in [0.3, 0.4) is 0 Å². The molecule has 2 heteroatoms. The number of rotatable bonds is 0. The fourth-order valence-electron chi connectivity index (χ4n) is 0.857. The van der Waals surface area contributed by atoms with Gasteiger partial charge in [0.05, 0.1) is 5.54 Å². The number of nitrogens with two attached hydrogens (primary N) is 1. The highest BCUT2D eigenvalue weighted by Crippen LogP contribution is 2.00. The predicted octanol–water partition coefficient (Wildman–Crippen LogP) is 1.48. The lowest BCUT2D eigenvalue weighted by Crippen LogP contribution is -2.29. The zero-order valence-corrected chi connectivity index (χ0v) is 8.26. The minimum absolute atomic E-state index is 0.441. The fourth-order valence-corrected chi connectivity index (χ4v) is 0.857. The number of aromatic nitrogens is 1. The number of nitrogens with zero attached hydrogens (tertiary/aromatic N) is 1. The molecule has 2 N–H and O–H groups in total. The van der Waals surface area contributed by atoms with Crippen LogP contribution < -0.4 is 5.73 Å². The topological polar surface area (TPSA) is 38.9 Å². The van der Waals surface area contributed by atoms with Crippen LogP contribution in [-0.2, 0) is 0 Å².